The fraction of sp³-hybridized carbons (Fsp3) is 0.350. The van der Waals surface area contributed by atoms with Crippen molar-refractivity contribution >= 4 is 23.2 Å². The zero-order valence-electron chi connectivity index (χ0n) is 14.8. The molecule has 1 aliphatic heterocycles. The fourth-order valence-corrected chi connectivity index (χ4v) is 3.28. The third-order valence-corrected chi connectivity index (χ3v) is 4.65. The molecular formula is C20H23ClN2O3. The number of methoxy groups -OCH3 is 1. The Morgan fingerprint density at radius 2 is 2.00 bits per heavy atom. The minimum absolute atomic E-state index is 0.00715. The van der Waals surface area contributed by atoms with Crippen molar-refractivity contribution in [1.82, 2.24) is 5.32 Å². The largest absolute Gasteiger partial charge is 0.495 e. The zero-order chi connectivity index (χ0) is 18.4. The van der Waals surface area contributed by atoms with Crippen molar-refractivity contribution in [3.05, 3.63) is 53.6 Å². The molecule has 3 rings (SSSR count). The second-order valence-corrected chi connectivity index (χ2v) is 6.70. The van der Waals surface area contributed by atoms with Gasteiger partial charge >= 0.3 is 0 Å². The maximum atomic E-state index is 12.2. The third kappa shape index (κ3) is 4.82. The summed E-state index contributed by atoms with van der Waals surface area (Å²) in [5.74, 6) is 1.36. The van der Waals surface area contributed by atoms with Crippen molar-refractivity contribution < 1.29 is 14.3 Å². The summed E-state index contributed by atoms with van der Waals surface area (Å²) in [6.45, 7) is 1.70. The van der Waals surface area contributed by atoms with Crippen molar-refractivity contribution in [2.24, 2.45) is 0 Å². The van der Waals surface area contributed by atoms with Crippen LogP contribution in [0.5, 0.6) is 11.5 Å². The number of benzene rings is 2. The van der Waals surface area contributed by atoms with E-state index in [1.165, 1.54) is 0 Å². The van der Waals surface area contributed by atoms with Gasteiger partial charge in [-0.3, -0.25) is 4.79 Å². The highest BCUT2D eigenvalue weighted by Gasteiger charge is 2.23. The molecule has 5 nitrogen and oxygen atoms in total. The van der Waals surface area contributed by atoms with Gasteiger partial charge in [-0.25, -0.2) is 0 Å². The topological polar surface area (TPSA) is 50.8 Å². The quantitative estimate of drug-likeness (QED) is 0.840. The molecule has 2 aromatic rings. The van der Waals surface area contributed by atoms with Crippen molar-refractivity contribution in [3.8, 4) is 11.5 Å². The van der Waals surface area contributed by atoms with Gasteiger partial charge in [0.2, 0.25) is 0 Å². The highest BCUT2D eigenvalue weighted by atomic mass is 35.5. The van der Waals surface area contributed by atoms with Gasteiger partial charge in [0.25, 0.3) is 5.91 Å². The second kappa shape index (κ2) is 8.81. The maximum Gasteiger partial charge on any atom is 0.258 e. The Morgan fingerprint density at radius 3 is 2.77 bits per heavy atom. The van der Waals surface area contributed by atoms with Crippen LogP contribution in [-0.2, 0) is 4.79 Å². The van der Waals surface area contributed by atoms with E-state index in [0.717, 1.165) is 37.4 Å². The number of nitrogens with zero attached hydrogens (tertiary/aromatic N) is 1. The molecule has 1 aliphatic rings. The predicted octanol–water partition coefficient (Wildman–Crippen LogP) is 3.51. The van der Waals surface area contributed by atoms with Crippen molar-refractivity contribution in [1.29, 1.82) is 0 Å². The van der Waals surface area contributed by atoms with Gasteiger partial charge in [-0.15, -0.1) is 0 Å². The summed E-state index contributed by atoms with van der Waals surface area (Å²) < 4.78 is 11.0. The van der Waals surface area contributed by atoms with Gasteiger partial charge in [0.05, 0.1) is 12.8 Å². The van der Waals surface area contributed by atoms with E-state index in [0.29, 0.717) is 10.8 Å². The summed E-state index contributed by atoms with van der Waals surface area (Å²) in [5.41, 5.74) is 1.06. The molecule has 138 valence electrons. The van der Waals surface area contributed by atoms with Crippen molar-refractivity contribution in [2.45, 2.75) is 18.9 Å². The molecule has 0 radical (unpaired) electrons. The fourth-order valence-electron chi connectivity index (χ4n) is 3.15. The van der Waals surface area contributed by atoms with E-state index in [4.69, 9.17) is 21.1 Å². The average Bonchev–Trinajstić information content (AvgIpc) is 2.68. The van der Waals surface area contributed by atoms with Crippen LogP contribution in [0, 0.1) is 0 Å². The third-order valence-electron chi connectivity index (χ3n) is 4.40. The highest BCUT2D eigenvalue weighted by Crippen LogP contribution is 2.29. The number of piperidine rings is 1. The molecule has 0 aromatic heterocycles. The second-order valence-electron chi connectivity index (χ2n) is 6.27. The van der Waals surface area contributed by atoms with Gasteiger partial charge in [-0.1, -0.05) is 23.7 Å². The Balaban J connectivity index is 1.53. The van der Waals surface area contributed by atoms with Gasteiger partial charge < -0.3 is 19.7 Å². The molecule has 1 saturated heterocycles. The van der Waals surface area contributed by atoms with Crippen molar-refractivity contribution in [2.75, 3.05) is 31.7 Å². The van der Waals surface area contributed by atoms with E-state index in [1.807, 2.05) is 24.3 Å². The standard InChI is InChI=1S/C20H23ClN2O3/c1-25-19-7-3-2-6-18(19)23-12-4-5-16(13-23)22-20(24)14-26-17-10-8-15(21)9-11-17/h2-3,6-11,16H,4-5,12-14H2,1H3,(H,22,24). The SMILES string of the molecule is COc1ccccc1N1CCCC(NC(=O)COc2ccc(Cl)cc2)C1. The molecule has 1 fully saturated rings. The average molecular weight is 375 g/mol. The Morgan fingerprint density at radius 1 is 1.23 bits per heavy atom. The number of hydrogen-bond donors (Lipinski definition) is 1. The number of amides is 1. The summed E-state index contributed by atoms with van der Waals surface area (Å²) in [7, 11) is 1.68. The van der Waals surface area contributed by atoms with Crippen LogP contribution < -0.4 is 19.7 Å². The van der Waals surface area contributed by atoms with Gasteiger partial charge in [0.15, 0.2) is 6.61 Å². The van der Waals surface area contributed by atoms with Gasteiger partial charge in [-0.2, -0.15) is 0 Å². The molecule has 0 spiro atoms. The molecule has 2 aromatic carbocycles. The van der Waals surface area contributed by atoms with Gasteiger partial charge in [0.1, 0.15) is 11.5 Å². The summed E-state index contributed by atoms with van der Waals surface area (Å²) in [6.07, 6.45) is 1.97. The minimum atomic E-state index is -0.119. The van der Waals surface area contributed by atoms with E-state index < -0.39 is 0 Å². The van der Waals surface area contributed by atoms with E-state index in [-0.39, 0.29) is 18.6 Å². The number of carbonyl (C=O) groups is 1. The number of carbonyl (C=O) groups excluding carboxylic acids is 1. The molecule has 0 aliphatic carbocycles. The lowest BCUT2D eigenvalue weighted by molar-refractivity contribution is -0.123. The van der Waals surface area contributed by atoms with Crippen molar-refractivity contribution in [3.63, 3.8) is 0 Å². The Labute approximate surface area is 158 Å². The molecule has 1 unspecified atom stereocenters. The smallest absolute Gasteiger partial charge is 0.258 e. The molecule has 6 heteroatoms. The molecule has 0 bridgehead atoms. The maximum absolute atomic E-state index is 12.2. The zero-order valence-corrected chi connectivity index (χ0v) is 15.5. The number of halogens is 1. The van der Waals surface area contributed by atoms with Crippen LogP contribution in [0.3, 0.4) is 0 Å². The summed E-state index contributed by atoms with van der Waals surface area (Å²) >= 11 is 5.84. The minimum Gasteiger partial charge on any atom is -0.495 e. The van der Waals surface area contributed by atoms with Crippen LogP contribution >= 0.6 is 11.6 Å². The Kier molecular flexibility index (Phi) is 6.23. The van der Waals surface area contributed by atoms with E-state index >= 15 is 0 Å². The molecule has 1 N–H and O–H groups in total. The molecule has 26 heavy (non-hydrogen) atoms. The first kappa shape index (κ1) is 18.4. The Hall–Kier alpha value is -2.40. The Bertz CT molecular complexity index is 736. The summed E-state index contributed by atoms with van der Waals surface area (Å²) in [6, 6.07) is 15.0. The lowest BCUT2D eigenvalue weighted by Gasteiger charge is -2.35. The van der Waals surface area contributed by atoms with Crippen LogP contribution in [0.2, 0.25) is 5.02 Å². The molecular weight excluding hydrogens is 352 g/mol. The highest BCUT2D eigenvalue weighted by molar-refractivity contribution is 6.30. The van der Waals surface area contributed by atoms with Crippen LogP contribution in [0.1, 0.15) is 12.8 Å². The van der Waals surface area contributed by atoms with E-state index in [2.05, 4.69) is 10.2 Å². The normalized spacial score (nSPS) is 16.8. The summed E-state index contributed by atoms with van der Waals surface area (Å²) in [4.78, 5) is 14.5. The first-order chi connectivity index (χ1) is 12.7. The predicted molar refractivity (Wildman–Crippen MR) is 103 cm³/mol. The molecule has 0 saturated carbocycles. The lowest BCUT2D eigenvalue weighted by Crippen LogP contribution is -2.49. The lowest BCUT2D eigenvalue weighted by atomic mass is 10.0. The molecule has 1 heterocycles. The number of ether oxygens (including phenoxy) is 2. The number of para-hydroxylation sites is 2. The number of nitrogens with one attached hydrogen (secondary N) is 1. The van der Waals surface area contributed by atoms with Gasteiger partial charge in [-0.05, 0) is 49.2 Å². The van der Waals surface area contributed by atoms with E-state index in [9.17, 15) is 4.79 Å². The van der Waals surface area contributed by atoms with Crippen LogP contribution in [0.4, 0.5) is 5.69 Å². The molecule has 1 atom stereocenters. The van der Waals surface area contributed by atoms with E-state index in [1.54, 1.807) is 31.4 Å². The number of hydrogen-bond acceptors (Lipinski definition) is 4. The van der Waals surface area contributed by atoms with Crippen LogP contribution in [0.25, 0.3) is 0 Å². The number of rotatable bonds is 6. The van der Waals surface area contributed by atoms with Crippen LogP contribution in [-0.4, -0.2) is 38.8 Å². The summed E-state index contributed by atoms with van der Waals surface area (Å²) in [5, 5.41) is 3.70. The van der Waals surface area contributed by atoms with Crippen LogP contribution in [0.15, 0.2) is 48.5 Å². The first-order valence-electron chi connectivity index (χ1n) is 8.71. The number of anilines is 1. The first-order valence-corrected chi connectivity index (χ1v) is 9.09. The molecule has 1 amide bonds. The monoisotopic (exact) mass is 374 g/mol. The van der Waals surface area contributed by atoms with Gasteiger partial charge in [0, 0.05) is 24.2 Å².